The van der Waals surface area contributed by atoms with Crippen LogP contribution in [0, 0.1) is 13.8 Å². The van der Waals surface area contributed by atoms with Crippen molar-refractivity contribution < 1.29 is 0 Å². The predicted molar refractivity (Wildman–Crippen MR) is 67.5 cm³/mol. The highest BCUT2D eigenvalue weighted by Gasteiger charge is 1.97. The summed E-state index contributed by atoms with van der Waals surface area (Å²) < 4.78 is 0. The summed E-state index contributed by atoms with van der Waals surface area (Å²) in [5, 5.41) is 3.30. The Kier molecular flexibility index (Phi) is 3.20. The molecule has 82 valence electrons. The number of aryl methyl sites for hydroxylation is 2. The molecule has 1 heterocycles. The van der Waals surface area contributed by atoms with Crippen molar-refractivity contribution in [3.05, 3.63) is 59.3 Å². The number of anilines is 1. The van der Waals surface area contributed by atoms with Crippen LogP contribution in [-0.2, 0) is 6.54 Å². The number of aromatic nitrogens is 1. The molecule has 0 radical (unpaired) electrons. The van der Waals surface area contributed by atoms with Gasteiger partial charge >= 0.3 is 0 Å². The van der Waals surface area contributed by atoms with E-state index in [0.717, 1.165) is 12.4 Å². The molecule has 0 aliphatic rings. The lowest BCUT2D eigenvalue weighted by Gasteiger charge is -2.07. The number of nitrogens with zero attached hydrogens (tertiary/aromatic N) is 1. The van der Waals surface area contributed by atoms with Crippen molar-refractivity contribution in [2.75, 3.05) is 5.32 Å². The quantitative estimate of drug-likeness (QED) is 0.844. The second-order valence-corrected chi connectivity index (χ2v) is 3.99. The zero-order valence-corrected chi connectivity index (χ0v) is 9.70. The molecule has 1 aromatic carbocycles. The van der Waals surface area contributed by atoms with Crippen LogP contribution in [0.5, 0.6) is 0 Å². The van der Waals surface area contributed by atoms with E-state index in [-0.39, 0.29) is 0 Å². The fourth-order valence-corrected chi connectivity index (χ4v) is 1.57. The van der Waals surface area contributed by atoms with Crippen molar-refractivity contribution in [3.63, 3.8) is 0 Å². The lowest BCUT2D eigenvalue weighted by atomic mass is 10.1. The zero-order chi connectivity index (χ0) is 11.4. The molecule has 2 heteroatoms. The largest absolute Gasteiger partial charge is 0.366 e. The van der Waals surface area contributed by atoms with Crippen LogP contribution in [0.1, 0.15) is 16.7 Å². The van der Waals surface area contributed by atoms with Gasteiger partial charge in [-0.3, -0.25) is 0 Å². The van der Waals surface area contributed by atoms with Crippen LogP contribution >= 0.6 is 0 Å². The second-order valence-electron chi connectivity index (χ2n) is 3.99. The Morgan fingerprint density at radius 2 is 1.94 bits per heavy atom. The number of nitrogens with one attached hydrogen (secondary N) is 1. The third-order valence-corrected chi connectivity index (χ3v) is 2.71. The first-order valence-corrected chi connectivity index (χ1v) is 5.47. The molecular formula is C14H16N2. The molecule has 2 rings (SSSR count). The maximum atomic E-state index is 4.22. The molecule has 0 amide bonds. The number of pyridine rings is 1. The van der Waals surface area contributed by atoms with Gasteiger partial charge in [-0.1, -0.05) is 24.3 Å². The van der Waals surface area contributed by atoms with E-state index in [4.69, 9.17) is 0 Å². The molecule has 0 unspecified atom stereocenters. The Balaban J connectivity index is 2.03. The number of rotatable bonds is 3. The molecule has 0 aliphatic heterocycles. The first-order chi connectivity index (χ1) is 7.75. The number of benzene rings is 1. The molecule has 0 atom stereocenters. The number of hydrogen-bond acceptors (Lipinski definition) is 2. The van der Waals surface area contributed by atoms with Crippen molar-refractivity contribution in [1.29, 1.82) is 0 Å². The summed E-state index contributed by atoms with van der Waals surface area (Å²) in [7, 11) is 0. The summed E-state index contributed by atoms with van der Waals surface area (Å²) >= 11 is 0. The monoisotopic (exact) mass is 212 g/mol. The molecule has 0 fully saturated rings. The van der Waals surface area contributed by atoms with E-state index in [2.05, 4.69) is 42.3 Å². The van der Waals surface area contributed by atoms with Crippen LogP contribution in [0.3, 0.4) is 0 Å². The average molecular weight is 212 g/mol. The van der Waals surface area contributed by atoms with Gasteiger partial charge in [0.1, 0.15) is 5.82 Å². The molecule has 0 spiro atoms. The molecule has 0 saturated heterocycles. The first-order valence-electron chi connectivity index (χ1n) is 5.47. The van der Waals surface area contributed by atoms with Gasteiger partial charge in [0.05, 0.1) is 0 Å². The fourth-order valence-electron chi connectivity index (χ4n) is 1.57. The van der Waals surface area contributed by atoms with Gasteiger partial charge in [0.25, 0.3) is 0 Å². The maximum Gasteiger partial charge on any atom is 0.126 e. The van der Waals surface area contributed by atoms with E-state index in [1.54, 1.807) is 6.20 Å². The highest BCUT2D eigenvalue weighted by Crippen LogP contribution is 2.11. The molecule has 16 heavy (non-hydrogen) atoms. The van der Waals surface area contributed by atoms with Gasteiger partial charge in [-0.2, -0.15) is 0 Å². The van der Waals surface area contributed by atoms with E-state index in [0.29, 0.717) is 0 Å². The van der Waals surface area contributed by atoms with Crippen molar-refractivity contribution in [2.45, 2.75) is 20.4 Å². The van der Waals surface area contributed by atoms with Crippen molar-refractivity contribution in [1.82, 2.24) is 4.98 Å². The van der Waals surface area contributed by atoms with Crippen LogP contribution in [0.25, 0.3) is 0 Å². The summed E-state index contributed by atoms with van der Waals surface area (Å²) in [5.41, 5.74) is 3.95. The Morgan fingerprint density at radius 3 is 2.62 bits per heavy atom. The van der Waals surface area contributed by atoms with Crippen molar-refractivity contribution in [2.24, 2.45) is 0 Å². The van der Waals surface area contributed by atoms with Gasteiger partial charge in [0.15, 0.2) is 0 Å². The standard InChI is InChI=1S/C14H16N2/c1-11-6-7-13(9-12(11)2)10-16-14-5-3-4-8-15-14/h3-9H,10H2,1-2H3,(H,15,16). The minimum Gasteiger partial charge on any atom is -0.366 e. The molecule has 0 saturated carbocycles. The number of hydrogen-bond donors (Lipinski definition) is 1. The third-order valence-electron chi connectivity index (χ3n) is 2.71. The van der Waals surface area contributed by atoms with Gasteiger partial charge in [-0.15, -0.1) is 0 Å². The van der Waals surface area contributed by atoms with Crippen LogP contribution in [-0.4, -0.2) is 4.98 Å². The zero-order valence-electron chi connectivity index (χ0n) is 9.70. The Hall–Kier alpha value is -1.83. The summed E-state index contributed by atoms with van der Waals surface area (Å²) in [4.78, 5) is 4.22. The van der Waals surface area contributed by atoms with Crippen LogP contribution in [0.4, 0.5) is 5.82 Å². The normalized spacial score (nSPS) is 10.1. The minimum atomic E-state index is 0.818. The van der Waals surface area contributed by atoms with E-state index in [1.165, 1.54) is 16.7 Å². The van der Waals surface area contributed by atoms with E-state index < -0.39 is 0 Å². The van der Waals surface area contributed by atoms with E-state index >= 15 is 0 Å². The first kappa shape index (κ1) is 10.7. The smallest absolute Gasteiger partial charge is 0.126 e. The summed E-state index contributed by atoms with van der Waals surface area (Å²) in [5.74, 6) is 0.917. The maximum absolute atomic E-state index is 4.22. The third kappa shape index (κ3) is 2.60. The topological polar surface area (TPSA) is 24.9 Å². The Labute approximate surface area is 96.4 Å². The predicted octanol–water partition coefficient (Wildman–Crippen LogP) is 3.31. The molecule has 2 nitrogen and oxygen atoms in total. The highest BCUT2D eigenvalue weighted by atomic mass is 15.0. The van der Waals surface area contributed by atoms with Crippen LogP contribution in [0.15, 0.2) is 42.6 Å². The molecule has 0 aliphatic carbocycles. The summed E-state index contributed by atoms with van der Waals surface area (Å²) in [6.45, 7) is 5.09. The molecule has 1 N–H and O–H groups in total. The van der Waals surface area contributed by atoms with Crippen molar-refractivity contribution in [3.8, 4) is 0 Å². The van der Waals surface area contributed by atoms with Crippen molar-refractivity contribution >= 4 is 5.82 Å². The van der Waals surface area contributed by atoms with Gasteiger partial charge in [0, 0.05) is 12.7 Å². The van der Waals surface area contributed by atoms with Gasteiger partial charge < -0.3 is 5.32 Å². The Bertz CT molecular complexity index is 463. The van der Waals surface area contributed by atoms with E-state index in [1.807, 2.05) is 18.2 Å². The van der Waals surface area contributed by atoms with Crippen LogP contribution < -0.4 is 5.32 Å². The lowest BCUT2D eigenvalue weighted by Crippen LogP contribution is -2.01. The minimum absolute atomic E-state index is 0.818. The van der Waals surface area contributed by atoms with Gasteiger partial charge in [0.2, 0.25) is 0 Å². The molecule has 0 bridgehead atoms. The highest BCUT2D eigenvalue weighted by molar-refractivity contribution is 5.36. The van der Waals surface area contributed by atoms with Crippen LogP contribution in [0.2, 0.25) is 0 Å². The molecule has 1 aromatic heterocycles. The summed E-state index contributed by atoms with van der Waals surface area (Å²) in [6.07, 6.45) is 1.79. The Morgan fingerprint density at radius 1 is 1.06 bits per heavy atom. The lowest BCUT2D eigenvalue weighted by molar-refractivity contribution is 1.10. The molecular weight excluding hydrogens is 196 g/mol. The molecule has 2 aromatic rings. The summed E-state index contributed by atoms with van der Waals surface area (Å²) in [6, 6.07) is 12.4. The second kappa shape index (κ2) is 4.79. The van der Waals surface area contributed by atoms with E-state index in [9.17, 15) is 0 Å². The van der Waals surface area contributed by atoms with Gasteiger partial charge in [-0.25, -0.2) is 4.98 Å². The fraction of sp³-hybridized carbons (Fsp3) is 0.214. The SMILES string of the molecule is Cc1ccc(CNc2ccccn2)cc1C. The van der Waals surface area contributed by atoms with Gasteiger partial charge in [-0.05, 0) is 42.7 Å². The average Bonchev–Trinajstić information content (AvgIpc) is 2.32.